The average molecular weight is 239 g/mol. The van der Waals surface area contributed by atoms with E-state index in [0.717, 1.165) is 18.4 Å². The van der Waals surface area contributed by atoms with Gasteiger partial charge in [-0.2, -0.15) is 0 Å². The fourth-order valence-corrected chi connectivity index (χ4v) is 3.68. The van der Waals surface area contributed by atoms with E-state index in [4.69, 9.17) is 5.73 Å². The van der Waals surface area contributed by atoms with Crippen molar-refractivity contribution >= 4 is 0 Å². The third kappa shape index (κ3) is 3.43. The van der Waals surface area contributed by atoms with Crippen molar-refractivity contribution in [2.24, 2.45) is 17.6 Å². The number of hydrogen-bond donors (Lipinski definition) is 1. The first kappa shape index (κ1) is 13.3. The van der Waals surface area contributed by atoms with E-state index >= 15 is 0 Å². The zero-order valence-corrected chi connectivity index (χ0v) is 11.6. The highest BCUT2D eigenvalue weighted by atomic mass is 15.2. The molecule has 2 N–H and O–H groups in total. The summed E-state index contributed by atoms with van der Waals surface area (Å²) in [5.74, 6) is 1.61. The van der Waals surface area contributed by atoms with Gasteiger partial charge in [-0.3, -0.25) is 4.90 Å². The normalized spacial score (nSPS) is 36.5. The quantitative estimate of drug-likeness (QED) is 0.804. The van der Waals surface area contributed by atoms with Gasteiger partial charge >= 0.3 is 0 Å². The van der Waals surface area contributed by atoms with Crippen molar-refractivity contribution in [1.82, 2.24) is 9.80 Å². The number of nitrogens with two attached hydrogens (primary N) is 1. The Balaban J connectivity index is 1.83. The highest BCUT2D eigenvalue weighted by molar-refractivity contribution is 4.86. The molecule has 2 saturated heterocycles. The van der Waals surface area contributed by atoms with Gasteiger partial charge in [0.05, 0.1) is 0 Å². The summed E-state index contributed by atoms with van der Waals surface area (Å²) in [5, 5.41) is 0. The summed E-state index contributed by atoms with van der Waals surface area (Å²) in [6.45, 7) is 11.9. The smallest absolute Gasteiger partial charge is 0.0244 e. The molecule has 3 heteroatoms. The minimum Gasteiger partial charge on any atom is -0.329 e. The zero-order valence-electron chi connectivity index (χ0n) is 11.6. The molecule has 0 spiro atoms. The molecule has 17 heavy (non-hydrogen) atoms. The lowest BCUT2D eigenvalue weighted by atomic mass is 9.85. The van der Waals surface area contributed by atoms with Crippen LogP contribution < -0.4 is 5.73 Å². The van der Waals surface area contributed by atoms with E-state index in [1.54, 1.807) is 0 Å². The van der Waals surface area contributed by atoms with Crippen molar-refractivity contribution < 1.29 is 0 Å². The molecule has 3 unspecified atom stereocenters. The van der Waals surface area contributed by atoms with Crippen molar-refractivity contribution in [3.63, 3.8) is 0 Å². The van der Waals surface area contributed by atoms with Crippen LogP contribution in [0.2, 0.25) is 0 Å². The molecule has 0 bridgehead atoms. The van der Waals surface area contributed by atoms with Crippen LogP contribution in [0.3, 0.4) is 0 Å². The largest absolute Gasteiger partial charge is 0.329 e. The van der Waals surface area contributed by atoms with Crippen LogP contribution in [-0.4, -0.2) is 55.1 Å². The lowest BCUT2D eigenvalue weighted by molar-refractivity contribution is 0.0655. The van der Waals surface area contributed by atoms with Crippen LogP contribution in [0.4, 0.5) is 0 Å². The number of likely N-dealkylation sites (tertiary alicyclic amines) is 2. The number of hydrogen-bond acceptors (Lipinski definition) is 3. The Morgan fingerprint density at radius 2 is 1.82 bits per heavy atom. The summed E-state index contributed by atoms with van der Waals surface area (Å²) in [6.07, 6.45) is 4.14. The first-order chi connectivity index (χ1) is 8.20. The lowest BCUT2D eigenvalue weighted by Gasteiger charge is -2.43. The topological polar surface area (TPSA) is 32.5 Å². The van der Waals surface area contributed by atoms with Gasteiger partial charge in [-0.1, -0.05) is 13.8 Å². The maximum Gasteiger partial charge on any atom is 0.0244 e. The SMILES string of the molecule is CC1CC(C)C(CN)N(CCN2CCCC2)C1. The van der Waals surface area contributed by atoms with E-state index in [-0.39, 0.29) is 0 Å². The summed E-state index contributed by atoms with van der Waals surface area (Å²) >= 11 is 0. The Bertz CT molecular complexity index is 226. The second kappa shape index (κ2) is 6.17. The molecule has 2 fully saturated rings. The van der Waals surface area contributed by atoms with Gasteiger partial charge in [-0.25, -0.2) is 0 Å². The first-order valence-corrected chi connectivity index (χ1v) is 7.37. The maximum absolute atomic E-state index is 5.96. The molecule has 0 aromatic carbocycles. The Morgan fingerprint density at radius 1 is 1.12 bits per heavy atom. The van der Waals surface area contributed by atoms with Crippen LogP contribution in [0, 0.1) is 11.8 Å². The van der Waals surface area contributed by atoms with Crippen molar-refractivity contribution in [3.8, 4) is 0 Å². The minimum absolute atomic E-state index is 0.619. The highest BCUT2D eigenvalue weighted by Gasteiger charge is 2.30. The second-order valence-corrected chi connectivity index (χ2v) is 6.16. The van der Waals surface area contributed by atoms with Gasteiger partial charge in [0.25, 0.3) is 0 Å². The summed E-state index contributed by atoms with van der Waals surface area (Å²) < 4.78 is 0. The van der Waals surface area contributed by atoms with Crippen LogP contribution in [0.25, 0.3) is 0 Å². The van der Waals surface area contributed by atoms with Crippen molar-refractivity contribution in [2.75, 3.05) is 39.3 Å². The maximum atomic E-state index is 5.96. The van der Waals surface area contributed by atoms with E-state index in [9.17, 15) is 0 Å². The average Bonchev–Trinajstić information content (AvgIpc) is 2.78. The molecule has 2 aliphatic heterocycles. The minimum atomic E-state index is 0.619. The molecule has 3 nitrogen and oxygen atoms in total. The molecule has 100 valence electrons. The third-order valence-corrected chi connectivity index (χ3v) is 4.59. The summed E-state index contributed by atoms with van der Waals surface area (Å²) in [6, 6.07) is 0.619. The van der Waals surface area contributed by atoms with Crippen LogP contribution in [0.1, 0.15) is 33.1 Å². The molecule has 2 rings (SSSR count). The van der Waals surface area contributed by atoms with Gasteiger partial charge < -0.3 is 10.6 Å². The van der Waals surface area contributed by atoms with Gasteiger partial charge in [0.15, 0.2) is 0 Å². The molecule has 2 heterocycles. The Kier molecular flexibility index (Phi) is 4.83. The van der Waals surface area contributed by atoms with Crippen LogP contribution in [0.15, 0.2) is 0 Å². The highest BCUT2D eigenvalue weighted by Crippen LogP contribution is 2.26. The van der Waals surface area contributed by atoms with Crippen molar-refractivity contribution in [1.29, 1.82) is 0 Å². The first-order valence-electron chi connectivity index (χ1n) is 7.37. The second-order valence-electron chi connectivity index (χ2n) is 6.16. The van der Waals surface area contributed by atoms with E-state index in [2.05, 4.69) is 23.6 Å². The number of piperidine rings is 1. The molecular formula is C14H29N3. The van der Waals surface area contributed by atoms with Gasteiger partial charge in [-0.15, -0.1) is 0 Å². The molecule has 2 aliphatic rings. The van der Waals surface area contributed by atoms with Crippen molar-refractivity contribution in [3.05, 3.63) is 0 Å². The lowest BCUT2D eigenvalue weighted by Crippen LogP contribution is -2.52. The summed E-state index contributed by atoms with van der Waals surface area (Å²) in [7, 11) is 0. The molecule has 0 aromatic heterocycles. The van der Waals surface area contributed by atoms with Gasteiger partial charge in [0.1, 0.15) is 0 Å². The molecular weight excluding hydrogens is 210 g/mol. The fraction of sp³-hybridized carbons (Fsp3) is 1.00. The van der Waals surface area contributed by atoms with Gasteiger partial charge in [0, 0.05) is 32.2 Å². The molecule has 0 aliphatic carbocycles. The van der Waals surface area contributed by atoms with E-state index in [1.165, 1.54) is 52.0 Å². The van der Waals surface area contributed by atoms with Crippen LogP contribution in [-0.2, 0) is 0 Å². The van der Waals surface area contributed by atoms with Gasteiger partial charge in [0.2, 0.25) is 0 Å². The predicted molar refractivity (Wildman–Crippen MR) is 73.0 cm³/mol. The monoisotopic (exact) mass is 239 g/mol. The third-order valence-electron chi connectivity index (χ3n) is 4.59. The molecule has 0 saturated carbocycles. The molecule has 0 amide bonds. The van der Waals surface area contributed by atoms with Crippen LogP contribution in [0.5, 0.6) is 0 Å². The standard InChI is InChI=1S/C14H29N3/c1-12-9-13(2)14(10-15)17(11-12)8-7-16-5-3-4-6-16/h12-14H,3-11,15H2,1-2H3. The molecule has 3 atom stereocenters. The summed E-state index contributed by atoms with van der Waals surface area (Å²) in [4.78, 5) is 5.26. The molecule has 0 aromatic rings. The zero-order chi connectivity index (χ0) is 12.3. The number of rotatable bonds is 4. The van der Waals surface area contributed by atoms with E-state index in [1.807, 2.05) is 0 Å². The fourth-order valence-electron chi connectivity index (χ4n) is 3.68. The van der Waals surface area contributed by atoms with Gasteiger partial charge in [-0.05, 0) is 44.2 Å². The molecule has 0 radical (unpaired) electrons. The Labute approximate surface area is 106 Å². The predicted octanol–water partition coefficient (Wildman–Crippen LogP) is 1.39. The summed E-state index contributed by atoms with van der Waals surface area (Å²) in [5.41, 5.74) is 5.96. The number of nitrogens with zero attached hydrogens (tertiary/aromatic N) is 2. The van der Waals surface area contributed by atoms with Crippen molar-refractivity contribution in [2.45, 2.75) is 39.2 Å². The Hall–Kier alpha value is -0.120. The van der Waals surface area contributed by atoms with Crippen LogP contribution >= 0.6 is 0 Å². The Morgan fingerprint density at radius 3 is 2.47 bits per heavy atom. The van der Waals surface area contributed by atoms with E-state index < -0.39 is 0 Å². The van der Waals surface area contributed by atoms with E-state index in [0.29, 0.717) is 6.04 Å².